The first-order valence-corrected chi connectivity index (χ1v) is 24.8. The van der Waals surface area contributed by atoms with Crippen LogP contribution in [0, 0.1) is 0 Å². The van der Waals surface area contributed by atoms with E-state index in [-0.39, 0.29) is 18.6 Å². The molecule has 0 aromatic rings. The Labute approximate surface area is 382 Å². The zero-order valence-corrected chi connectivity index (χ0v) is 39.2. The van der Waals surface area contributed by atoms with Crippen molar-refractivity contribution in [3.8, 4) is 0 Å². The topological polar surface area (TPSA) is 227 Å². The highest BCUT2D eigenvalue weighted by molar-refractivity contribution is 7.47. The van der Waals surface area contributed by atoms with Crippen LogP contribution < -0.4 is 0 Å². The second-order valence-corrected chi connectivity index (χ2v) is 17.3. The Hall–Kier alpha value is -3.30. The lowest BCUT2D eigenvalue weighted by Crippen LogP contribution is -2.64. The van der Waals surface area contributed by atoms with Crippen LogP contribution in [0.4, 0.5) is 0 Å². The van der Waals surface area contributed by atoms with Crippen LogP contribution in [-0.2, 0) is 37.5 Å². The number of carbonyl (C=O) groups excluding carboxylic acids is 3. The molecule has 1 aliphatic carbocycles. The van der Waals surface area contributed by atoms with Gasteiger partial charge in [0, 0.05) is 19.3 Å². The summed E-state index contributed by atoms with van der Waals surface area (Å²) in [5.41, 5.74) is 0. The Bertz CT molecular complexity index is 1500. The van der Waals surface area contributed by atoms with Crippen LogP contribution in [0.5, 0.6) is 0 Å². The van der Waals surface area contributed by atoms with Crippen LogP contribution >= 0.6 is 7.82 Å². The van der Waals surface area contributed by atoms with Gasteiger partial charge < -0.3 is 39.9 Å². The molecule has 0 heterocycles. The number of phosphoric acid groups is 1. The van der Waals surface area contributed by atoms with Gasteiger partial charge in [0.2, 0.25) is 0 Å². The summed E-state index contributed by atoms with van der Waals surface area (Å²) in [6.07, 6.45) is 31.9. The highest BCUT2D eigenvalue weighted by atomic mass is 31.2. The summed E-state index contributed by atoms with van der Waals surface area (Å²) in [5.74, 6) is -1.10. The number of carbonyl (C=O) groups is 3. The van der Waals surface area contributed by atoms with Gasteiger partial charge in [0.05, 0.1) is 6.61 Å². The molecule has 1 rings (SSSR count). The van der Waals surface area contributed by atoms with Gasteiger partial charge in [-0.2, -0.15) is 0 Å². The van der Waals surface area contributed by atoms with Crippen LogP contribution in [-0.4, -0.2) is 104 Å². The molecule has 6 N–H and O–H groups in total. The highest BCUT2D eigenvalue weighted by Crippen LogP contribution is 2.47. The summed E-state index contributed by atoms with van der Waals surface area (Å²) in [7, 11) is -5.16. The van der Waals surface area contributed by atoms with Gasteiger partial charge in [-0.1, -0.05) is 131 Å². The number of unbranched alkanes of at least 4 members (excludes halogenated alkanes) is 10. The molecule has 64 heavy (non-hydrogen) atoms. The molecule has 1 fully saturated rings. The van der Waals surface area contributed by atoms with E-state index in [4.69, 9.17) is 18.5 Å². The fraction of sp³-hybridized carbons (Fsp3) is 0.653. The fourth-order valence-electron chi connectivity index (χ4n) is 6.36. The summed E-state index contributed by atoms with van der Waals surface area (Å²) in [5, 5.41) is 50.1. The van der Waals surface area contributed by atoms with E-state index in [0.29, 0.717) is 32.1 Å². The van der Waals surface area contributed by atoms with Crippen LogP contribution in [0.15, 0.2) is 85.1 Å². The van der Waals surface area contributed by atoms with E-state index >= 15 is 0 Å². The van der Waals surface area contributed by atoms with Gasteiger partial charge in [-0.05, 0) is 83.1 Å². The molecule has 0 saturated heterocycles. The number of aliphatic hydroxyl groups excluding tert-OH is 5. The molecular formula is C49H79O14P. The van der Waals surface area contributed by atoms with Crippen molar-refractivity contribution >= 4 is 25.5 Å². The molecule has 0 aliphatic heterocycles. The Balaban J connectivity index is 2.55. The van der Waals surface area contributed by atoms with E-state index in [1.54, 1.807) is 12.2 Å². The second-order valence-electron chi connectivity index (χ2n) is 15.9. The van der Waals surface area contributed by atoms with Crippen molar-refractivity contribution in [3.63, 3.8) is 0 Å². The molecule has 0 radical (unpaired) electrons. The smallest absolute Gasteiger partial charge is 0.462 e. The van der Waals surface area contributed by atoms with Crippen LogP contribution in [0.2, 0.25) is 0 Å². The van der Waals surface area contributed by atoms with Crippen LogP contribution in [0.1, 0.15) is 149 Å². The van der Waals surface area contributed by atoms with Crippen molar-refractivity contribution in [2.45, 2.75) is 191 Å². The molecule has 8 atom stereocenters. The van der Waals surface area contributed by atoms with E-state index in [1.165, 1.54) is 19.3 Å². The first-order valence-electron chi connectivity index (χ1n) is 23.3. The number of allylic oxidation sites excluding steroid dienone is 14. The van der Waals surface area contributed by atoms with Gasteiger partial charge in [0.25, 0.3) is 0 Å². The number of aliphatic hydroxyl groups is 5. The Morgan fingerprint density at radius 2 is 1.00 bits per heavy atom. The van der Waals surface area contributed by atoms with Crippen molar-refractivity contribution in [3.05, 3.63) is 85.1 Å². The summed E-state index contributed by atoms with van der Waals surface area (Å²) in [6, 6.07) is 0. The minimum Gasteiger partial charge on any atom is -0.462 e. The number of esters is 2. The molecule has 1 saturated carbocycles. The average molecular weight is 923 g/mol. The van der Waals surface area contributed by atoms with Crippen molar-refractivity contribution in [2.75, 3.05) is 13.2 Å². The molecule has 3 unspecified atom stereocenters. The highest BCUT2D eigenvalue weighted by Gasteiger charge is 2.51. The van der Waals surface area contributed by atoms with Gasteiger partial charge in [-0.3, -0.25) is 23.4 Å². The van der Waals surface area contributed by atoms with Gasteiger partial charge in [-0.15, -0.1) is 0 Å². The Morgan fingerprint density at radius 3 is 1.59 bits per heavy atom. The third-order valence-corrected chi connectivity index (χ3v) is 11.2. The molecule has 1 aliphatic rings. The zero-order valence-electron chi connectivity index (χ0n) is 38.3. The molecule has 0 aromatic heterocycles. The first-order chi connectivity index (χ1) is 30.8. The molecule has 14 nitrogen and oxygen atoms in total. The minimum absolute atomic E-state index is 0.0152. The van der Waals surface area contributed by atoms with Gasteiger partial charge in [0.1, 0.15) is 43.2 Å². The van der Waals surface area contributed by atoms with Crippen molar-refractivity contribution in [1.29, 1.82) is 0 Å². The van der Waals surface area contributed by atoms with E-state index in [1.807, 2.05) is 36.5 Å². The average Bonchev–Trinajstić information content (AvgIpc) is 3.27. The SMILES string of the molecule is CCCCC/C=C\C/C=C\C/C=C\CCCCCCC(=O)OC[C@H](COP(=O)(O)OC1[C@H](O)[C@H](O)C(O)[C@H](O)[C@H]1O)OC(=O)CCC/C=C\C/C=C\C/C=C\C=C\C(=O)CCCCC. The molecule has 0 amide bonds. The van der Waals surface area contributed by atoms with Gasteiger partial charge in [-0.25, -0.2) is 4.57 Å². The summed E-state index contributed by atoms with van der Waals surface area (Å²) in [6.45, 7) is 3.03. The third kappa shape index (κ3) is 30.0. The van der Waals surface area contributed by atoms with E-state index < -0.39 is 75.7 Å². The molecule has 0 bridgehead atoms. The van der Waals surface area contributed by atoms with E-state index in [2.05, 4.69) is 50.3 Å². The standard InChI is InChI=1S/C49H79O14P/c1-3-5-7-8-9-10-11-12-13-14-15-16-19-22-25-28-32-36-42(51)60-38-41(39-61-64(58,59)63-49-47(56)45(54)44(53)46(55)48(49)57)62-43(52)37-33-29-26-23-20-17-18-21-24-27-31-35-40(50)34-30-6-4-2/h9-10,12-13,15-18,23-24,26-27,31,35,41,44-49,53-57H,3-8,11,14,19-22,25,28-30,32-34,36-39H2,1-2H3,(H,58,59)/b10-9-,13-12-,16-15-,18-17-,26-23-,27-24-,35-31+/t41-,44?,45-,46+,47-,48-,49?/m1/s1. The molecule has 364 valence electrons. The maximum Gasteiger partial charge on any atom is 0.472 e. The summed E-state index contributed by atoms with van der Waals surface area (Å²) in [4.78, 5) is 47.4. The van der Waals surface area contributed by atoms with Crippen molar-refractivity contribution < 1.29 is 67.9 Å². The van der Waals surface area contributed by atoms with Crippen molar-refractivity contribution in [2.24, 2.45) is 0 Å². The van der Waals surface area contributed by atoms with E-state index in [9.17, 15) is 49.4 Å². The van der Waals surface area contributed by atoms with Gasteiger partial charge in [0.15, 0.2) is 11.9 Å². The lowest BCUT2D eigenvalue weighted by molar-refractivity contribution is -0.220. The molecule has 0 aromatic carbocycles. The Morgan fingerprint density at radius 1 is 0.531 bits per heavy atom. The molecule has 15 heteroatoms. The second kappa shape index (κ2) is 37.9. The Kier molecular flexibility index (Phi) is 34.7. The predicted octanol–water partition coefficient (Wildman–Crippen LogP) is 8.46. The monoisotopic (exact) mass is 923 g/mol. The molecule has 0 spiro atoms. The van der Waals surface area contributed by atoms with Crippen LogP contribution in [0.3, 0.4) is 0 Å². The fourth-order valence-corrected chi connectivity index (χ4v) is 7.33. The largest absolute Gasteiger partial charge is 0.472 e. The lowest BCUT2D eigenvalue weighted by atomic mass is 9.85. The third-order valence-electron chi connectivity index (χ3n) is 10.2. The number of ether oxygens (including phenoxy) is 2. The summed E-state index contributed by atoms with van der Waals surface area (Å²) < 4.78 is 33.4. The van der Waals surface area contributed by atoms with Crippen molar-refractivity contribution in [1.82, 2.24) is 0 Å². The van der Waals surface area contributed by atoms with Crippen LogP contribution in [0.25, 0.3) is 0 Å². The van der Waals surface area contributed by atoms with E-state index in [0.717, 1.165) is 70.6 Å². The normalized spacial score (nSPS) is 22.2. The minimum atomic E-state index is -5.16. The first kappa shape index (κ1) is 58.7. The number of rotatable bonds is 37. The number of ketones is 1. The quantitative estimate of drug-likeness (QED) is 0.00859. The van der Waals surface area contributed by atoms with Gasteiger partial charge >= 0.3 is 19.8 Å². The lowest BCUT2D eigenvalue weighted by Gasteiger charge is -2.41. The number of hydrogen-bond acceptors (Lipinski definition) is 13. The predicted molar refractivity (Wildman–Crippen MR) is 249 cm³/mol. The number of hydrogen-bond donors (Lipinski definition) is 6. The summed E-state index contributed by atoms with van der Waals surface area (Å²) >= 11 is 0. The maximum atomic E-state index is 12.8. The maximum absolute atomic E-state index is 12.8. The number of phosphoric ester groups is 1. The molecular weight excluding hydrogens is 843 g/mol. The zero-order chi connectivity index (χ0) is 47.3.